The number of nitrogens with one attached hydrogen (secondary N) is 1. The first-order chi connectivity index (χ1) is 12.6. The topological polar surface area (TPSA) is 95.1 Å². The summed E-state index contributed by atoms with van der Waals surface area (Å²) in [6.45, 7) is 1.18. The molecule has 3 N–H and O–H groups in total. The van der Waals surface area contributed by atoms with E-state index in [4.69, 9.17) is 22.1 Å². The molecular formula is C18H26Cl3N5O2. The number of amides is 1. The van der Waals surface area contributed by atoms with Crippen LogP contribution in [0.5, 0.6) is 0 Å². The number of nitrogens with two attached hydrogens (primary N) is 1. The highest BCUT2D eigenvalue weighted by Gasteiger charge is 2.19. The van der Waals surface area contributed by atoms with Crippen LogP contribution in [-0.4, -0.2) is 40.4 Å². The molecule has 28 heavy (non-hydrogen) atoms. The van der Waals surface area contributed by atoms with Crippen LogP contribution in [0.2, 0.25) is 5.02 Å². The molecule has 0 spiro atoms. The molecule has 2 heterocycles. The number of carbonyl (C=O) groups excluding carboxylic acids is 1. The minimum Gasteiger partial charge on any atom is -0.380 e. The average Bonchev–Trinajstić information content (AvgIpc) is 2.89. The van der Waals surface area contributed by atoms with E-state index in [0.717, 1.165) is 43.0 Å². The van der Waals surface area contributed by atoms with Crippen LogP contribution in [0.3, 0.4) is 0 Å². The summed E-state index contributed by atoms with van der Waals surface area (Å²) in [5, 5.41) is 12.1. The second-order valence-corrected chi connectivity index (χ2v) is 6.85. The van der Waals surface area contributed by atoms with E-state index in [1.54, 1.807) is 19.2 Å². The largest absolute Gasteiger partial charge is 0.380 e. The van der Waals surface area contributed by atoms with E-state index in [1.165, 1.54) is 6.42 Å². The molecule has 0 fully saturated rings. The number of fused-ring (bicyclic) bond motifs is 1. The standard InChI is InChI=1S/C18H24ClN5O2.2ClH/c1-26-13(11-20)10-17(25)21-12-6-7-15(19)14(9-12)18-23-22-16-5-3-2-4-8-24(16)18;;/h6-7,9,13H,2-5,8,10-11,20H2,1H3,(H,21,25);2*1H. The van der Waals surface area contributed by atoms with E-state index in [2.05, 4.69) is 20.1 Å². The molecule has 7 nitrogen and oxygen atoms in total. The summed E-state index contributed by atoms with van der Waals surface area (Å²) in [5.41, 5.74) is 7.00. The van der Waals surface area contributed by atoms with Crippen LogP contribution in [0.15, 0.2) is 18.2 Å². The minimum atomic E-state index is -0.297. The molecule has 1 aromatic heterocycles. The van der Waals surface area contributed by atoms with Crippen LogP contribution in [0.1, 0.15) is 31.5 Å². The maximum atomic E-state index is 12.2. The lowest BCUT2D eigenvalue weighted by Crippen LogP contribution is -2.28. The highest BCUT2D eigenvalue weighted by molar-refractivity contribution is 6.33. The Morgan fingerprint density at radius 3 is 2.82 bits per heavy atom. The van der Waals surface area contributed by atoms with Crippen molar-refractivity contribution in [3.05, 3.63) is 29.0 Å². The van der Waals surface area contributed by atoms with E-state index in [1.807, 2.05) is 6.07 Å². The summed E-state index contributed by atoms with van der Waals surface area (Å²) >= 11 is 6.41. The van der Waals surface area contributed by atoms with Crippen LogP contribution in [0.25, 0.3) is 11.4 Å². The Hall–Kier alpha value is -1.38. The van der Waals surface area contributed by atoms with Gasteiger partial charge in [0.1, 0.15) is 5.82 Å². The number of aromatic nitrogens is 3. The quantitative estimate of drug-likeness (QED) is 0.702. The first kappa shape index (κ1) is 24.7. The second-order valence-electron chi connectivity index (χ2n) is 6.44. The van der Waals surface area contributed by atoms with Gasteiger partial charge in [-0.3, -0.25) is 4.79 Å². The predicted molar refractivity (Wildman–Crippen MR) is 116 cm³/mol. The molecule has 10 heteroatoms. The fourth-order valence-electron chi connectivity index (χ4n) is 3.14. The number of carbonyl (C=O) groups is 1. The molecular weight excluding hydrogens is 425 g/mol. The van der Waals surface area contributed by atoms with Crippen molar-refractivity contribution in [1.29, 1.82) is 0 Å². The summed E-state index contributed by atoms with van der Waals surface area (Å²) in [5.74, 6) is 1.59. The van der Waals surface area contributed by atoms with Gasteiger partial charge in [0.05, 0.1) is 17.5 Å². The maximum Gasteiger partial charge on any atom is 0.227 e. The van der Waals surface area contributed by atoms with Crippen molar-refractivity contribution in [3.8, 4) is 11.4 Å². The van der Waals surface area contributed by atoms with Gasteiger partial charge in [-0.1, -0.05) is 18.0 Å². The summed E-state index contributed by atoms with van der Waals surface area (Å²) in [7, 11) is 1.54. The molecule has 3 rings (SSSR count). The zero-order valence-corrected chi connectivity index (χ0v) is 18.1. The Morgan fingerprint density at radius 2 is 2.11 bits per heavy atom. The van der Waals surface area contributed by atoms with E-state index < -0.39 is 0 Å². The van der Waals surface area contributed by atoms with Gasteiger partial charge in [-0.2, -0.15) is 0 Å². The normalized spacial score (nSPS) is 14.1. The average molecular weight is 451 g/mol. The number of nitrogens with zero attached hydrogens (tertiary/aromatic N) is 3. The van der Waals surface area contributed by atoms with Crippen LogP contribution < -0.4 is 11.1 Å². The number of hydrogen-bond acceptors (Lipinski definition) is 5. The van der Waals surface area contributed by atoms with Gasteiger partial charge < -0.3 is 20.4 Å². The number of rotatable bonds is 6. The smallest absolute Gasteiger partial charge is 0.227 e. The molecule has 1 amide bonds. The van der Waals surface area contributed by atoms with Crippen LogP contribution in [-0.2, 0) is 22.5 Å². The summed E-state index contributed by atoms with van der Waals surface area (Å²) in [6, 6.07) is 5.38. The number of benzene rings is 1. The van der Waals surface area contributed by atoms with Gasteiger partial charge in [-0.15, -0.1) is 35.0 Å². The molecule has 0 saturated carbocycles. The van der Waals surface area contributed by atoms with Gasteiger partial charge >= 0.3 is 0 Å². The molecule has 1 atom stereocenters. The van der Waals surface area contributed by atoms with Crippen LogP contribution in [0.4, 0.5) is 5.69 Å². The predicted octanol–water partition coefficient (Wildman–Crippen LogP) is 3.47. The van der Waals surface area contributed by atoms with E-state index in [0.29, 0.717) is 17.3 Å². The fraction of sp³-hybridized carbons (Fsp3) is 0.500. The fourth-order valence-corrected chi connectivity index (χ4v) is 3.34. The molecule has 1 unspecified atom stereocenters. The first-order valence-corrected chi connectivity index (χ1v) is 9.25. The van der Waals surface area contributed by atoms with Crippen molar-refractivity contribution >= 4 is 48.0 Å². The third kappa shape index (κ3) is 5.81. The maximum absolute atomic E-state index is 12.2. The molecule has 1 aliphatic heterocycles. The monoisotopic (exact) mass is 449 g/mol. The first-order valence-electron chi connectivity index (χ1n) is 8.87. The highest BCUT2D eigenvalue weighted by atomic mass is 35.5. The zero-order valence-electron chi connectivity index (χ0n) is 15.7. The van der Waals surface area contributed by atoms with Crippen LogP contribution >= 0.6 is 36.4 Å². The Kier molecular flexibility index (Phi) is 10.2. The molecule has 2 aromatic rings. The number of aryl methyl sites for hydroxylation is 1. The Balaban J connectivity index is 0.00000196. The Bertz CT molecular complexity index is 781. The zero-order chi connectivity index (χ0) is 18.5. The molecule has 0 saturated heterocycles. The Morgan fingerprint density at radius 1 is 1.32 bits per heavy atom. The van der Waals surface area contributed by atoms with Gasteiger partial charge in [0.25, 0.3) is 0 Å². The lowest BCUT2D eigenvalue weighted by molar-refractivity contribution is -0.118. The van der Waals surface area contributed by atoms with Gasteiger partial charge in [-0.05, 0) is 31.0 Å². The minimum absolute atomic E-state index is 0. The van der Waals surface area contributed by atoms with E-state index >= 15 is 0 Å². The van der Waals surface area contributed by atoms with Crippen molar-refractivity contribution in [2.75, 3.05) is 19.0 Å². The number of halogens is 3. The Labute approximate surface area is 182 Å². The number of methoxy groups -OCH3 is 1. The highest BCUT2D eigenvalue weighted by Crippen LogP contribution is 2.31. The number of anilines is 1. The SMILES string of the molecule is COC(CN)CC(=O)Nc1ccc(Cl)c(-c2nnc3n2CCCCC3)c1.Cl.Cl. The van der Waals surface area contributed by atoms with Crippen LogP contribution in [0, 0.1) is 0 Å². The summed E-state index contributed by atoms with van der Waals surface area (Å²) in [6.07, 6.45) is 4.25. The summed E-state index contributed by atoms with van der Waals surface area (Å²) in [4.78, 5) is 12.2. The number of hydrogen-bond donors (Lipinski definition) is 2. The lowest BCUT2D eigenvalue weighted by atomic mass is 10.1. The van der Waals surface area contributed by atoms with Gasteiger partial charge in [0.2, 0.25) is 5.91 Å². The van der Waals surface area contributed by atoms with Crippen molar-refractivity contribution in [2.45, 2.75) is 44.8 Å². The second kappa shape index (κ2) is 11.6. The third-order valence-electron chi connectivity index (χ3n) is 4.61. The molecule has 0 aliphatic carbocycles. The van der Waals surface area contributed by atoms with Crippen molar-refractivity contribution in [1.82, 2.24) is 14.8 Å². The summed E-state index contributed by atoms with van der Waals surface area (Å²) < 4.78 is 7.29. The van der Waals surface area contributed by atoms with Crippen molar-refractivity contribution in [2.24, 2.45) is 5.73 Å². The van der Waals surface area contributed by atoms with Gasteiger partial charge in [-0.25, -0.2) is 0 Å². The van der Waals surface area contributed by atoms with E-state index in [9.17, 15) is 4.79 Å². The molecule has 156 valence electrons. The van der Waals surface area contributed by atoms with Gasteiger partial charge in [0, 0.05) is 37.9 Å². The third-order valence-corrected chi connectivity index (χ3v) is 4.94. The van der Waals surface area contributed by atoms with Crippen molar-refractivity contribution in [3.63, 3.8) is 0 Å². The molecule has 1 aliphatic rings. The molecule has 0 radical (unpaired) electrons. The van der Waals surface area contributed by atoms with Gasteiger partial charge in [0.15, 0.2) is 5.82 Å². The number of ether oxygens (including phenoxy) is 1. The molecule has 0 bridgehead atoms. The van der Waals surface area contributed by atoms with Crippen molar-refractivity contribution < 1.29 is 9.53 Å². The lowest BCUT2D eigenvalue weighted by Gasteiger charge is -2.14. The molecule has 1 aromatic carbocycles. The van der Waals surface area contributed by atoms with E-state index in [-0.39, 0.29) is 43.2 Å².